The molecule has 9 heavy (non-hydrogen) atoms. The molecule has 0 aliphatic heterocycles. The Bertz CT molecular complexity index is 110. The molecule has 0 unspecified atom stereocenters. The van der Waals surface area contributed by atoms with Gasteiger partial charge in [-0.25, -0.2) is 0 Å². The number of alkyl halides is 1. The second kappa shape index (κ2) is 3.39. The van der Waals surface area contributed by atoms with Crippen LogP contribution in [-0.4, -0.2) is 15.5 Å². The fourth-order valence-electron chi connectivity index (χ4n) is 0.343. The molecule has 2 nitrogen and oxygen atoms in total. The number of carboxylic acids is 1. The van der Waals surface area contributed by atoms with Gasteiger partial charge in [0.1, 0.15) is 0 Å². The highest BCUT2D eigenvalue weighted by Gasteiger charge is 2.25. The van der Waals surface area contributed by atoms with Gasteiger partial charge >= 0.3 is 5.97 Å². The minimum Gasteiger partial charge on any atom is -0.481 e. The molecule has 3 heteroatoms. The Morgan fingerprint density at radius 3 is 2.22 bits per heavy atom. The van der Waals surface area contributed by atoms with Crippen molar-refractivity contribution in [3.63, 3.8) is 0 Å². The van der Waals surface area contributed by atoms with E-state index in [1.165, 1.54) is 0 Å². The zero-order valence-corrected chi connectivity index (χ0v) is 7.81. The number of carbonyl (C=O) groups is 1. The van der Waals surface area contributed by atoms with Crippen molar-refractivity contribution in [3.05, 3.63) is 0 Å². The fourth-order valence-corrected chi connectivity index (χ4v) is 1.69. The Balaban J connectivity index is 3.85. The lowest BCUT2D eigenvalue weighted by molar-refractivity contribution is -0.146. The lowest BCUT2D eigenvalue weighted by Gasteiger charge is -2.16. The van der Waals surface area contributed by atoms with Crippen molar-refractivity contribution in [2.24, 2.45) is 5.41 Å². The van der Waals surface area contributed by atoms with Crippen LogP contribution in [0.1, 0.15) is 20.3 Å². The predicted molar refractivity (Wildman–Crippen MR) is 44.9 cm³/mol. The van der Waals surface area contributed by atoms with Crippen LogP contribution in [0, 0.1) is 5.41 Å². The first kappa shape index (κ1) is 9.20. The molecule has 0 bridgehead atoms. The van der Waals surface area contributed by atoms with Gasteiger partial charge in [-0.2, -0.15) is 0 Å². The van der Waals surface area contributed by atoms with E-state index in [0.717, 1.165) is 10.8 Å². The number of aliphatic carboxylic acids is 1. The smallest absolute Gasteiger partial charge is 0.309 e. The summed E-state index contributed by atoms with van der Waals surface area (Å²) in [5.74, 6) is -0.709. The molecule has 0 saturated carbocycles. The van der Waals surface area contributed by atoms with Crippen LogP contribution in [0.2, 0.25) is 0 Å². The zero-order chi connectivity index (χ0) is 7.49. The van der Waals surface area contributed by atoms with Crippen LogP contribution < -0.4 is 0 Å². The average molecular weight is 242 g/mol. The number of halogens is 1. The van der Waals surface area contributed by atoms with Crippen LogP contribution >= 0.6 is 22.6 Å². The van der Waals surface area contributed by atoms with Crippen molar-refractivity contribution in [3.8, 4) is 0 Å². The van der Waals surface area contributed by atoms with Crippen LogP contribution in [0.3, 0.4) is 0 Å². The van der Waals surface area contributed by atoms with E-state index < -0.39 is 11.4 Å². The molecule has 0 aromatic heterocycles. The number of hydrogen-bond acceptors (Lipinski definition) is 1. The maximum absolute atomic E-state index is 10.4. The monoisotopic (exact) mass is 242 g/mol. The molecule has 1 N–H and O–H groups in total. The fraction of sp³-hybridized carbons (Fsp3) is 0.833. The van der Waals surface area contributed by atoms with Crippen LogP contribution in [0.15, 0.2) is 0 Å². The van der Waals surface area contributed by atoms with Gasteiger partial charge in [-0.05, 0) is 20.3 Å². The van der Waals surface area contributed by atoms with Crippen molar-refractivity contribution in [2.45, 2.75) is 20.3 Å². The summed E-state index contributed by atoms with van der Waals surface area (Å²) in [6, 6.07) is 0. The molecule has 0 aromatic carbocycles. The summed E-state index contributed by atoms with van der Waals surface area (Å²) < 4.78 is 0.900. The quantitative estimate of drug-likeness (QED) is 0.606. The summed E-state index contributed by atoms with van der Waals surface area (Å²) >= 11 is 2.18. The van der Waals surface area contributed by atoms with Gasteiger partial charge in [0.15, 0.2) is 0 Å². The van der Waals surface area contributed by atoms with Crippen LogP contribution in [-0.2, 0) is 4.79 Å². The topological polar surface area (TPSA) is 37.3 Å². The van der Waals surface area contributed by atoms with Gasteiger partial charge in [-0.3, -0.25) is 4.79 Å². The molecule has 0 rings (SSSR count). The average Bonchev–Trinajstić information content (AvgIpc) is 1.65. The third kappa shape index (κ3) is 3.03. The Morgan fingerprint density at radius 2 is 2.11 bits per heavy atom. The number of rotatable bonds is 3. The Labute approximate surface area is 68.8 Å². The van der Waals surface area contributed by atoms with Crippen molar-refractivity contribution in [1.29, 1.82) is 0 Å². The maximum atomic E-state index is 10.4. The van der Waals surface area contributed by atoms with E-state index in [0.29, 0.717) is 0 Å². The van der Waals surface area contributed by atoms with Gasteiger partial charge in [0, 0.05) is 4.43 Å². The van der Waals surface area contributed by atoms with Gasteiger partial charge in [0.05, 0.1) is 5.41 Å². The Morgan fingerprint density at radius 1 is 1.67 bits per heavy atom. The molecule has 0 spiro atoms. The highest BCUT2D eigenvalue weighted by Crippen LogP contribution is 2.20. The second-order valence-electron chi connectivity index (χ2n) is 2.63. The second-order valence-corrected chi connectivity index (χ2v) is 3.71. The summed E-state index contributed by atoms with van der Waals surface area (Å²) in [4.78, 5) is 10.4. The molecular formula is C6H11IO2. The van der Waals surface area contributed by atoms with E-state index >= 15 is 0 Å². The molecule has 0 amide bonds. The number of hydrogen-bond donors (Lipinski definition) is 1. The van der Waals surface area contributed by atoms with Gasteiger partial charge < -0.3 is 5.11 Å². The molecule has 0 saturated heterocycles. The third-order valence-electron chi connectivity index (χ3n) is 1.30. The lowest BCUT2D eigenvalue weighted by Crippen LogP contribution is -2.23. The van der Waals surface area contributed by atoms with Gasteiger partial charge in [-0.15, -0.1) is 0 Å². The minimum atomic E-state index is -0.709. The summed E-state index contributed by atoms with van der Waals surface area (Å²) in [6.07, 6.45) is 0.739. The third-order valence-corrected chi connectivity index (χ3v) is 1.84. The molecule has 54 valence electrons. The summed E-state index contributed by atoms with van der Waals surface area (Å²) in [6.45, 7) is 3.49. The van der Waals surface area contributed by atoms with Gasteiger partial charge in [0.25, 0.3) is 0 Å². The minimum absolute atomic E-state index is 0.540. The van der Waals surface area contributed by atoms with Crippen molar-refractivity contribution in [2.75, 3.05) is 4.43 Å². The standard InChI is InChI=1S/C6H11IO2/c1-6(2,3-4-7)5(8)9/h3-4H2,1-2H3,(H,8,9). The largest absolute Gasteiger partial charge is 0.481 e. The van der Waals surface area contributed by atoms with E-state index in [1.54, 1.807) is 13.8 Å². The van der Waals surface area contributed by atoms with Crippen molar-refractivity contribution >= 4 is 28.6 Å². The van der Waals surface area contributed by atoms with E-state index in [4.69, 9.17) is 5.11 Å². The van der Waals surface area contributed by atoms with Crippen molar-refractivity contribution in [1.82, 2.24) is 0 Å². The first-order valence-electron chi connectivity index (χ1n) is 2.80. The van der Waals surface area contributed by atoms with E-state index in [1.807, 2.05) is 0 Å². The van der Waals surface area contributed by atoms with E-state index in [-0.39, 0.29) is 0 Å². The molecular weight excluding hydrogens is 231 g/mol. The molecule has 0 radical (unpaired) electrons. The first-order chi connectivity index (χ1) is 4.00. The summed E-state index contributed by atoms with van der Waals surface area (Å²) in [5, 5.41) is 8.57. The van der Waals surface area contributed by atoms with Gasteiger partial charge in [0.2, 0.25) is 0 Å². The number of carboxylic acid groups (broad SMARTS) is 1. The van der Waals surface area contributed by atoms with Crippen LogP contribution in [0.5, 0.6) is 0 Å². The van der Waals surface area contributed by atoms with Crippen LogP contribution in [0.25, 0.3) is 0 Å². The normalized spacial score (nSPS) is 11.4. The molecule has 0 atom stereocenters. The molecule has 0 aromatic rings. The molecule has 0 heterocycles. The van der Waals surface area contributed by atoms with E-state index in [9.17, 15) is 4.79 Å². The Hall–Kier alpha value is 0.200. The highest BCUT2D eigenvalue weighted by atomic mass is 127. The summed E-state index contributed by atoms with van der Waals surface area (Å²) in [5.41, 5.74) is -0.540. The SMILES string of the molecule is CC(C)(CCI)C(=O)O. The van der Waals surface area contributed by atoms with Crippen molar-refractivity contribution < 1.29 is 9.90 Å². The molecule has 0 aliphatic carbocycles. The van der Waals surface area contributed by atoms with Crippen LogP contribution in [0.4, 0.5) is 0 Å². The predicted octanol–water partition coefficient (Wildman–Crippen LogP) is 1.92. The highest BCUT2D eigenvalue weighted by molar-refractivity contribution is 14.1. The summed E-state index contributed by atoms with van der Waals surface area (Å²) in [7, 11) is 0. The molecule has 0 fully saturated rings. The first-order valence-corrected chi connectivity index (χ1v) is 4.32. The lowest BCUT2D eigenvalue weighted by atomic mass is 9.91. The Kier molecular flexibility index (Phi) is 3.46. The zero-order valence-electron chi connectivity index (χ0n) is 5.65. The molecule has 0 aliphatic rings. The maximum Gasteiger partial charge on any atom is 0.309 e. The van der Waals surface area contributed by atoms with E-state index in [2.05, 4.69) is 22.6 Å². The van der Waals surface area contributed by atoms with Gasteiger partial charge in [-0.1, -0.05) is 22.6 Å².